The molecule has 0 aliphatic carbocycles. The van der Waals surface area contributed by atoms with E-state index < -0.39 is 30.1 Å². The molecule has 1 heterocycles. The Hall–Kier alpha value is -4.12. The molecule has 0 saturated heterocycles. The summed E-state index contributed by atoms with van der Waals surface area (Å²) in [6.07, 6.45) is 0.0631. The van der Waals surface area contributed by atoms with E-state index in [1.165, 1.54) is 19.4 Å². The molecule has 0 unspecified atom stereocenters. The number of halogens is 1. The van der Waals surface area contributed by atoms with E-state index in [1.54, 1.807) is 50.2 Å². The van der Waals surface area contributed by atoms with Crippen LogP contribution in [0.1, 0.15) is 31.0 Å². The number of benzene rings is 2. The number of nitrogens with zero attached hydrogens (tertiary/aromatic N) is 1. The smallest absolute Gasteiger partial charge is 0.337 e. The number of carbonyl (C=O) groups is 2. The minimum absolute atomic E-state index is 0.190. The van der Waals surface area contributed by atoms with Crippen molar-refractivity contribution in [3.05, 3.63) is 70.7 Å². The highest BCUT2D eigenvalue weighted by atomic mass is 19.1. The number of ether oxygens (including phenoxy) is 3. The molecule has 2 amide bonds. The molecule has 2 aromatic carbocycles. The van der Waals surface area contributed by atoms with E-state index in [2.05, 4.69) is 21.2 Å². The highest BCUT2D eigenvalue weighted by Crippen LogP contribution is 2.34. The highest BCUT2D eigenvalue weighted by Gasteiger charge is 2.32. The third kappa shape index (κ3) is 6.48. The lowest BCUT2D eigenvalue weighted by Gasteiger charge is -2.28. The van der Waals surface area contributed by atoms with Gasteiger partial charge in [0.15, 0.2) is 17.7 Å². The van der Waals surface area contributed by atoms with Gasteiger partial charge < -0.3 is 30.0 Å². The van der Waals surface area contributed by atoms with Crippen LogP contribution in [0.4, 0.5) is 9.18 Å². The molecule has 0 spiro atoms. The lowest BCUT2D eigenvalue weighted by Crippen LogP contribution is -2.45. The number of hydrogen-bond acceptors (Lipinski definition) is 8. The summed E-state index contributed by atoms with van der Waals surface area (Å²) in [5.41, 5.74) is 3.94. The van der Waals surface area contributed by atoms with Gasteiger partial charge in [-0.2, -0.15) is 5.10 Å². The molecule has 3 rings (SSSR count). The van der Waals surface area contributed by atoms with Gasteiger partial charge in [0.2, 0.25) is 0 Å². The number of nitrogens with one attached hydrogen (secondary N) is 3. The summed E-state index contributed by atoms with van der Waals surface area (Å²) in [5, 5.41) is 19.2. The monoisotopic (exact) mass is 486 g/mol. The standard InChI is InChI=1S/C24H27FN4O6/c1-4-34-19-11-15(22-21(23(31)33-3)14(2)27-24(32)28-22)9-10-18(19)35-13-20(30)29-26-12-16-7-5-6-8-17(16)25/h5-12,20,22,29-30H,4,13H2,1-3H3,(H2,27,28,32)/b26-12-/t20-,22-/m0/s1. The number of amides is 2. The number of carbonyl (C=O) groups excluding carboxylic acids is 2. The third-order valence-electron chi connectivity index (χ3n) is 5.00. The molecule has 1 aliphatic heterocycles. The molecule has 1 aliphatic rings. The average molecular weight is 487 g/mol. The van der Waals surface area contributed by atoms with E-state index >= 15 is 0 Å². The quantitative estimate of drug-likeness (QED) is 0.176. The van der Waals surface area contributed by atoms with Crippen LogP contribution < -0.4 is 25.5 Å². The Kier molecular flexibility index (Phi) is 8.63. The first-order valence-electron chi connectivity index (χ1n) is 10.8. The molecule has 186 valence electrons. The molecule has 0 aromatic heterocycles. The Balaban J connectivity index is 1.72. The summed E-state index contributed by atoms with van der Waals surface area (Å²) in [6.45, 7) is 3.54. The zero-order chi connectivity index (χ0) is 25.4. The molecule has 10 nitrogen and oxygen atoms in total. The van der Waals surface area contributed by atoms with Gasteiger partial charge in [0.05, 0.1) is 31.5 Å². The van der Waals surface area contributed by atoms with Gasteiger partial charge >= 0.3 is 12.0 Å². The first-order chi connectivity index (χ1) is 16.8. The van der Waals surface area contributed by atoms with Crippen molar-refractivity contribution < 1.29 is 33.3 Å². The number of hydrazone groups is 1. The lowest BCUT2D eigenvalue weighted by molar-refractivity contribution is -0.136. The Labute approximate surface area is 201 Å². The number of aliphatic hydroxyl groups is 1. The Bertz CT molecular complexity index is 1140. The second-order valence-corrected chi connectivity index (χ2v) is 7.44. The van der Waals surface area contributed by atoms with E-state index in [1.807, 2.05) is 0 Å². The first kappa shape index (κ1) is 25.5. The fraction of sp³-hybridized carbons (Fsp3) is 0.292. The van der Waals surface area contributed by atoms with Crippen LogP contribution in [0.15, 0.2) is 58.8 Å². The van der Waals surface area contributed by atoms with Crippen molar-refractivity contribution in [1.29, 1.82) is 0 Å². The van der Waals surface area contributed by atoms with Gasteiger partial charge in [0, 0.05) is 11.3 Å². The Morgan fingerprint density at radius 2 is 2.03 bits per heavy atom. The molecular formula is C24H27FN4O6. The van der Waals surface area contributed by atoms with Gasteiger partial charge in [0.25, 0.3) is 0 Å². The van der Waals surface area contributed by atoms with Crippen LogP contribution in [0.2, 0.25) is 0 Å². The molecule has 2 aromatic rings. The number of esters is 1. The predicted octanol–water partition coefficient (Wildman–Crippen LogP) is 2.35. The second-order valence-electron chi connectivity index (χ2n) is 7.44. The van der Waals surface area contributed by atoms with E-state index in [4.69, 9.17) is 14.2 Å². The van der Waals surface area contributed by atoms with Crippen molar-refractivity contribution in [2.24, 2.45) is 5.10 Å². The number of methoxy groups -OCH3 is 1. The highest BCUT2D eigenvalue weighted by molar-refractivity contribution is 5.95. The summed E-state index contributed by atoms with van der Waals surface area (Å²) in [7, 11) is 1.26. The third-order valence-corrected chi connectivity index (χ3v) is 5.00. The minimum atomic E-state index is -1.19. The summed E-state index contributed by atoms with van der Waals surface area (Å²) in [5.74, 6) is -0.337. The minimum Gasteiger partial charge on any atom is -0.490 e. The zero-order valence-corrected chi connectivity index (χ0v) is 19.5. The molecule has 0 saturated carbocycles. The van der Waals surface area contributed by atoms with Crippen LogP contribution >= 0.6 is 0 Å². The summed E-state index contributed by atoms with van der Waals surface area (Å²) < 4.78 is 29.8. The number of aliphatic hydroxyl groups excluding tert-OH is 1. The average Bonchev–Trinajstić information content (AvgIpc) is 2.83. The summed E-state index contributed by atoms with van der Waals surface area (Å²) in [6, 6.07) is 9.79. The molecule has 0 bridgehead atoms. The molecule has 4 N–H and O–H groups in total. The maximum atomic E-state index is 13.6. The molecular weight excluding hydrogens is 459 g/mol. The van der Waals surface area contributed by atoms with Crippen LogP contribution in [0.5, 0.6) is 11.5 Å². The largest absolute Gasteiger partial charge is 0.490 e. The van der Waals surface area contributed by atoms with Gasteiger partial charge in [-0.05, 0) is 37.6 Å². The van der Waals surface area contributed by atoms with Gasteiger partial charge in [-0.15, -0.1) is 0 Å². The Morgan fingerprint density at radius 1 is 1.26 bits per heavy atom. The molecule has 0 fully saturated rings. The van der Waals surface area contributed by atoms with Crippen molar-refractivity contribution in [3.63, 3.8) is 0 Å². The van der Waals surface area contributed by atoms with Gasteiger partial charge in [-0.1, -0.05) is 24.3 Å². The van der Waals surface area contributed by atoms with Crippen molar-refractivity contribution in [2.45, 2.75) is 26.1 Å². The normalized spacial score (nSPS) is 16.4. The molecule has 11 heteroatoms. The summed E-state index contributed by atoms with van der Waals surface area (Å²) in [4.78, 5) is 24.4. The number of hydrogen-bond donors (Lipinski definition) is 4. The molecule has 35 heavy (non-hydrogen) atoms. The van der Waals surface area contributed by atoms with Crippen LogP contribution in [-0.4, -0.2) is 49.9 Å². The van der Waals surface area contributed by atoms with E-state index in [0.717, 1.165) is 0 Å². The lowest BCUT2D eigenvalue weighted by atomic mass is 9.95. The van der Waals surface area contributed by atoms with Crippen LogP contribution in [0.25, 0.3) is 0 Å². The van der Waals surface area contributed by atoms with Crippen LogP contribution in [0, 0.1) is 5.82 Å². The van der Waals surface area contributed by atoms with E-state index in [9.17, 15) is 19.1 Å². The number of rotatable bonds is 10. The van der Waals surface area contributed by atoms with E-state index in [-0.39, 0.29) is 17.7 Å². The predicted molar refractivity (Wildman–Crippen MR) is 125 cm³/mol. The maximum absolute atomic E-state index is 13.6. The van der Waals surface area contributed by atoms with E-state index in [0.29, 0.717) is 29.4 Å². The fourth-order valence-corrected chi connectivity index (χ4v) is 3.39. The SMILES string of the molecule is CCOc1cc([C@@H]2NC(=O)NC(C)=C2C(=O)OC)ccc1OC[C@H](O)N/N=C\c1ccccc1F. The maximum Gasteiger partial charge on any atom is 0.337 e. The number of allylic oxidation sites excluding steroid dienone is 1. The Morgan fingerprint density at radius 3 is 2.74 bits per heavy atom. The van der Waals surface area contributed by atoms with Gasteiger partial charge in [-0.25, -0.2) is 14.0 Å². The van der Waals surface area contributed by atoms with Gasteiger partial charge in [0.1, 0.15) is 12.4 Å². The van der Waals surface area contributed by atoms with Crippen molar-refractivity contribution in [3.8, 4) is 11.5 Å². The summed E-state index contributed by atoms with van der Waals surface area (Å²) >= 11 is 0. The topological polar surface area (TPSA) is 131 Å². The van der Waals surface area contributed by atoms with Crippen LogP contribution in [0.3, 0.4) is 0 Å². The number of urea groups is 1. The van der Waals surface area contributed by atoms with Gasteiger partial charge in [-0.3, -0.25) is 5.43 Å². The molecule has 0 radical (unpaired) electrons. The van der Waals surface area contributed by atoms with Crippen molar-refractivity contribution in [1.82, 2.24) is 16.1 Å². The zero-order valence-electron chi connectivity index (χ0n) is 19.5. The van der Waals surface area contributed by atoms with Crippen LogP contribution in [-0.2, 0) is 9.53 Å². The second kappa shape index (κ2) is 11.8. The first-order valence-corrected chi connectivity index (χ1v) is 10.8. The van der Waals surface area contributed by atoms with Crippen molar-refractivity contribution >= 4 is 18.2 Å². The van der Waals surface area contributed by atoms with Crippen molar-refractivity contribution in [2.75, 3.05) is 20.3 Å². The fourth-order valence-electron chi connectivity index (χ4n) is 3.39. The molecule has 2 atom stereocenters.